The normalized spacial score (nSPS) is 12.8. The molecule has 0 spiro atoms. The monoisotopic (exact) mass is 265 g/mol. The highest BCUT2D eigenvalue weighted by Crippen LogP contribution is 2.21. The van der Waals surface area contributed by atoms with E-state index in [2.05, 4.69) is 45.7 Å². The number of imidazole rings is 1. The van der Waals surface area contributed by atoms with Crippen molar-refractivity contribution in [3.63, 3.8) is 0 Å². The van der Waals surface area contributed by atoms with Crippen LogP contribution >= 0.6 is 11.8 Å². The fourth-order valence-electron chi connectivity index (χ4n) is 1.82. The molecule has 1 N–H and O–H groups in total. The molecule has 5 nitrogen and oxygen atoms in total. The van der Waals surface area contributed by atoms with Gasteiger partial charge < -0.3 is 9.88 Å². The molecule has 18 heavy (non-hydrogen) atoms. The molecule has 0 aromatic carbocycles. The highest BCUT2D eigenvalue weighted by Gasteiger charge is 2.15. The first-order chi connectivity index (χ1) is 8.74. The lowest BCUT2D eigenvalue weighted by Gasteiger charge is -2.25. The number of fused-ring (bicyclic) bond motifs is 1. The molecule has 0 fully saturated rings. The molecular weight excluding hydrogens is 246 g/mol. The van der Waals surface area contributed by atoms with Crippen molar-refractivity contribution in [1.82, 2.24) is 19.9 Å². The Hall–Kier alpha value is -1.30. The molecule has 0 amide bonds. The summed E-state index contributed by atoms with van der Waals surface area (Å²) in [7, 11) is 2.07. The second-order valence-corrected chi connectivity index (χ2v) is 5.64. The Labute approximate surface area is 111 Å². The maximum Gasteiger partial charge on any atom is 0.182 e. The lowest BCUT2D eigenvalue weighted by Crippen LogP contribution is -2.30. The molecule has 0 bridgehead atoms. The van der Waals surface area contributed by atoms with Crippen LogP contribution in [0.4, 0.5) is 5.82 Å². The summed E-state index contributed by atoms with van der Waals surface area (Å²) in [6.07, 6.45) is 4.38. The second kappa shape index (κ2) is 6.04. The smallest absolute Gasteiger partial charge is 0.182 e. The number of rotatable bonds is 6. The summed E-state index contributed by atoms with van der Waals surface area (Å²) in [5.74, 6) is 3.28. The molecule has 2 heterocycles. The minimum atomic E-state index is 0.449. The average molecular weight is 265 g/mol. The molecule has 1 atom stereocenters. The number of aromatic amines is 1. The minimum absolute atomic E-state index is 0.449. The summed E-state index contributed by atoms with van der Waals surface area (Å²) >= 11 is 1.97. The molecule has 0 aliphatic carbocycles. The first kappa shape index (κ1) is 13.1. The Kier molecular flexibility index (Phi) is 4.41. The van der Waals surface area contributed by atoms with Crippen LogP contribution in [0.3, 0.4) is 0 Å². The standard InChI is InChI=1S/C12H19N5S/c1-4-18-6-5-9(2)17(3)12-10-11(14-7-13-10)15-8-16-12/h7-9H,4-6H2,1-3H3,(H,13,14,15,16)/t9-/m0/s1. The largest absolute Gasteiger partial charge is 0.355 e. The predicted octanol–water partition coefficient (Wildman–Crippen LogP) is 2.32. The summed E-state index contributed by atoms with van der Waals surface area (Å²) in [5, 5.41) is 0. The number of hydrogen-bond donors (Lipinski definition) is 1. The van der Waals surface area contributed by atoms with Crippen LogP contribution in [0.25, 0.3) is 11.2 Å². The van der Waals surface area contributed by atoms with E-state index in [1.54, 1.807) is 12.7 Å². The summed E-state index contributed by atoms with van der Waals surface area (Å²) in [6.45, 7) is 4.41. The second-order valence-electron chi connectivity index (χ2n) is 4.24. The van der Waals surface area contributed by atoms with Gasteiger partial charge in [0.2, 0.25) is 0 Å². The van der Waals surface area contributed by atoms with Gasteiger partial charge in [-0.25, -0.2) is 15.0 Å². The van der Waals surface area contributed by atoms with Crippen LogP contribution in [0.15, 0.2) is 12.7 Å². The van der Waals surface area contributed by atoms with Gasteiger partial charge in [0.25, 0.3) is 0 Å². The fraction of sp³-hybridized carbons (Fsp3) is 0.583. The SMILES string of the molecule is CCSCC[C@H](C)N(C)c1ncnc2nc[nH]c12. The van der Waals surface area contributed by atoms with Crippen molar-refractivity contribution in [2.24, 2.45) is 0 Å². The van der Waals surface area contributed by atoms with Crippen LogP contribution in [0.2, 0.25) is 0 Å². The van der Waals surface area contributed by atoms with Crippen molar-refractivity contribution in [2.75, 3.05) is 23.5 Å². The minimum Gasteiger partial charge on any atom is -0.355 e. The van der Waals surface area contributed by atoms with Gasteiger partial charge in [0, 0.05) is 13.1 Å². The van der Waals surface area contributed by atoms with Crippen molar-refractivity contribution in [2.45, 2.75) is 26.3 Å². The molecular formula is C12H19N5S. The van der Waals surface area contributed by atoms with Crippen LogP contribution in [0.1, 0.15) is 20.3 Å². The van der Waals surface area contributed by atoms with E-state index >= 15 is 0 Å². The van der Waals surface area contributed by atoms with Crippen LogP contribution in [-0.2, 0) is 0 Å². The molecule has 0 unspecified atom stereocenters. The molecule has 2 aromatic rings. The zero-order chi connectivity index (χ0) is 13.0. The van der Waals surface area contributed by atoms with Gasteiger partial charge in [-0.15, -0.1) is 0 Å². The summed E-state index contributed by atoms with van der Waals surface area (Å²) in [5.41, 5.74) is 1.64. The van der Waals surface area contributed by atoms with E-state index in [0.717, 1.165) is 23.4 Å². The molecule has 0 radical (unpaired) electrons. The van der Waals surface area contributed by atoms with E-state index < -0.39 is 0 Å². The molecule has 0 saturated heterocycles. The zero-order valence-electron chi connectivity index (χ0n) is 11.1. The van der Waals surface area contributed by atoms with Gasteiger partial charge in [0.1, 0.15) is 11.8 Å². The third-order valence-electron chi connectivity index (χ3n) is 3.08. The highest BCUT2D eigenvalue weighted by molar-refractivity contribution is 7.99. The number of nitrogens with one attached hydrogen (secondary N) is 1. The van der Waals surface area contributed by atoms with Crippen LogP contribution < -0.4 is 4.90 Å². The van der Waals surface area contributed by atoms with Crippen molar-refractivity contribution in [3.05, 3.63) is 12.7 Å². The van der Waals surface area contributed by atoms with Crippen molar-refractivity contribution < 1.29 is 0 Å². The van der Waals surface area contributed by atoms with Crippen molar-refractivity contribution in [3.8, 4) is 0 Å². The number of H-pyrrole nitrogens is 1. The van der Waals surface area contributed by atoms with E-state index in [4.69, 9.17) is 0 Å². The van der Waals surface area contributed by atoms with Crippen LogP contribution in [-0.4, -0.2) is 44.5 Å². The fourth-order valence-corrected chi connectivity index (χ4v) is 2.62. The number of hydrogen-bond acceptors (Lipinski definition) is 5. The lowest BCUT2D eigenvalue weighted by molar-refractivity contribution is 0.663. The number of aromatic nitrogens is 4. The number of thioether (sulfide) groups is 1. The maximum absolute atomic E-state index is 4.37. The van der Waals surface area contributed by atoms with Gasteiger partial charge >= 0.3 is 0 Å². The van der Waals surface area contributed by atoms with Crippen LogP contribution in [0.5, 0.6) is 0 Å². The van der Waals surface area contributed by atoms with Crippen molar-refractivity contribution in [1.29, 1.82) is 0 Å². The molecule has 2 rings (SSSR count). The van der Waals surface area contributed by atoms with Crippen LogP contribution in [0, 0.1) is 0 Å². The summed E-state index contributed by atoms with van der Waals surface area (Å²) < 4.78 is 0. The van der Waals surface area contributed by atoms with Gasteiger partial charge in [-0.1, -0.05) is 6.92 Å². The molecule has 98 valence electrons. The molecule has 2 aromatic heterocycles. The molecule has 6 heteroatoms. The zero-order valence-corrected chi connectivity index (χ0v) is 11.9. The summed E-state index contributed by atoms with van der Waals surface area (Å²) in [4.78, 5) is 18.0. The van der Waals surface area contributed by atoms with Gasteiger partial charge in [-0.2, -0.15) is 11.8 Å². The van der Waals surface area contributed by atoms with E-state index in [1.165, 1.54) is 11.5 Å². The Bertz CT molecular complexity index is 498. The predicted molar refractivity (Wildman–Crippen MR) is 77.2 cm³/mol. The number of anilines is 1. The maximum atomic E-state index is 4.37. The van der Waals surface area contributed by atoms with Gasteiger partial charge in [-0.3, -0.25) is 0 Å². The van der Waals surface area contributed by atoms with E-state index in [-0.39, 0.29) is 0 Å². The number of nitrogens with zero attached hydrogens (tertiary/aromatic N) is 4. The van der Waals surface area contributed by atoms with E-state index in [1.807, 2.05) is 11.8 Å². The van der Waals surface area contributed by atoms with Crippen molar-refractivity contribution >= 4 is 28.7 Å². The molecule has 0 aliphatic rings. The Balaban J connectivity index is 2.12. The Morgan fingerprint density at radius 3 is 3.00 bits per heavy atom. The first-order valence-electron chi connectivity index (χ1n) is 6.18. The third kappa shape index (κ3) is 2.75. The lowest BCUT2D eigenvalue weighted by atomic mass is 10.2. The topological polar surface area (TPSA) is 57.7 Å². The average Bonchev–Trinajstić information content (AvgIpc) is 2.86. The van der Waals surface area contributed by atoms with Gasteiger partial charge in [-0.05, 0) is 24.9 Å². The molecule has 0 aliphatic heterocycles. The van der Waals surface area contributed by atoms with E-state index in [9.17, 15) is 0 Å². The Morgan fingerprint density at radius 2 is 2.22 bits per heavy atom. The highest BCUT2D eigenvalue weighted by atomic mass is 32.2. The van der Waals surface area contributed by atoms with E-state index in [0.29, 0.717) is 6.04 Å². The quantitative estimate of drug-likeness (QED) is 0.812. The summed E-state index contributed by atoms with van der Waals surface area (Å²) in [6, 6.07) is 0.449. The van der Waals surface area contributed by atoms with Gasteiger partial charge in [0.05, 0.1) is 6.33 Å². The third-order valence-corrected chi connectivity index (χ3v) is 4.01. The first-order valence-corrected chi connectivity index (χ1v) is 7.34. The molecule has 0 saturated carbocycles. The van der Waals surface area contributed by atoms with Gasteiger partial charge in [0.15, 0.2) is 11.5 Å². The Morgan fingerprint density at radius 1 is 1.39 bits per heavy atom.